The molecule has 0 aromatic rings. The standard InChI is InChI=1S/C15H30BrNO/c1-3-4-5-6-7-9-12-15(18)17(2)14-11-8-10-13-16/h3-14H2,1-2H3. The zero-order chi connectivity index (χ0) is 13.6. The van der Waals surface area contributed by atoms with Crippen LogP contribution in [-0.2, 0) is 4.79 Å². The van der Waals surface area contributed by atoms with Gasteiger partial charge < -0.3 is 4.90 Å². The molecule has 0 unspecified atom stereocenters. The van der Waals surface area contributed by atoms with Crippen molar-refractivity contribution in [2.75, 3.05) is 18.9 Å². The molecule has 0 atom stereocenters. The Balaban J connectivity index is 3.38. The summed E-state index contributed by atoms with van der Waals surface area (Å²) in [5.41, 5.74) is 0. The van der Waals surface area contributed by atoms with Crippen LogP contribution in [0.1, 0.15) is 71.1 Å². The minimum Gasteiger partial charge on any atom is -0.346 e. The lowest BCUT2D eigenvalue weighted by molar-refractivity contribution is -0.130. The summed E-state index contributed by atoms with van der Waals surface area (Å²) < 4.78 is 0. The number of hydrogen-bond acceptors (Lipinski definition) is 1. The van der Waals surface area contributed by atoms with E-state index < -0.39 is 0 Å². The Kier molecular flexibility index (Phi) is 13.3. The van der Waals surface area contributed by atoms with Gasteiger partial charge in [0.25, 0.3) is 0 Å². The fourth-order valence-corrected chi connectivity index (χ4v) is 2.39. The van der Waals surface area contributed by atoms with Gasteiger partial charge >= 0.3 is 0 Å². The highest BCUT2D eigenvalue weighted by Crippen LogP contribution is 2.08. The molecule has 0 heterocycles. The molecular formula is C15H30BrNO. The number of amides is 1. The molecule has 0 bridgehead atoms. The molecule has 0 saturated heterocycles. The monoisotopic (exact) mass is 319 g/mol. The molecule has 0 aliphatic carbocycles. The first-order valence-electron chi connectivity index (χ1n) is 7.52. The average Bonchev–Trinajstić information content (AvgIpc) is 2.38. The van der Waals surface area contributed by atoms with Crippen LogP contribution in [0.3, 0.4) is 0 Å². The van der Waals surface area contributed by atoms with Gasteiger partial charge in [-0.05, 0) is 19.3 Å². The van der Waals surface area contributed by atoms with Gasteiger partial charge in [0.15, 0.2) is 0 Å². The van der Waals surface area contributed by atoms with Gasteiger partial charge in [-0.2, -0.15) is 0 Å². The zero-order valence-electron chi connectivity index (χ0n) is 12.2. The van der Waals surface area contributed by atoms with Gasteiger partial charge in [-0.25, -0.2) is 0 Å². The van der Waals surface area contributed by atoms with Crippen LogP contribution in [0.2, 0.25) is 0 Å². The number of unbranched alkanes of at least 4 members (excludes halogenated alkanes) is 7. The SMILES string of the molecule is CCCCCCCCC(=O)N(C)CCCCCBr. The van der Waals surface area contributed by atoms with Crippen molar-refractivity contribution in [2.24, 2.45) is 0 Å². The maximum atomic E-state index is 11.8. The molecule has 0 radical (unpaired) electrons. The van der Waals surface area contributed by atoms with E-state index in [-0.39, 0.29) is 0 Å². The molecule has 0 aromatic heterocycles. The van der Waals surface area contributed by atoms with Crippen LogP contribution < -0.4 is 0 Å². The van der Waals surface area contributed by atoms with Crippen LogP contribution in [0, 0.1) is 0 Å². The molecule has 3 heteroatoms. The van der Waals surface area contributed by atoms with Crippen molar-refractivity contribution in [2.45, 2.75) is 71.1 Å². The predicted octanol–water partition coefficient (Wildman–Crippen LogP) is 4.76. The fraction of sp³-hybridized carbons (Fsp3) is 0.933. The normalized spacial score (nSPS) is 10.6. The predicted molar refractivity (Wildman–Crippen MR) is 83.3 cm³/mol. The van der Waals surface area contributed by atoms with Crippen LogP contribution in [-0.4, -0.2) is 29.7 Å². The summed E-state index contributed by atoms with van der Waals surface area (Å²) in [4.78, 5) is 13.7. The molecule has 0 fully saturated rings. The Morgan fingerprint density at radius 3 is 2.22 bits per heavy atom. The Labute approximate surface area is 122 Å². The molecule has 18 heavy (non-hydrogen) atoms. The van der Waals surface area contributed by atoms with E-state index in [1.54, 1.807) is 0 Å². The van der Waals surface area contributed by atoms with Gasteiger partial charge in [0.1, 0.15) is 0 Å². The summed E-state index contributed by atoms with van der Waals surface area (Å²) in [5, 5.41) is 1.07. The fourth-order valence-electron chi connectivity index (χ4n) is 1.99. The molecule has 0 N–H and O–H groups in total. The van der Waals surface area contributed by atoms with Crippen molar-refractivity contribution in [3.05, 3.63) is 0 Å². The largest absolute Gasteiger partial charge is 0.346 e. The van der Waals surface area contributed by atoms with E-state index in [0.29, 0.717) is 5.91 Å². The molecule has 0 saturated carbocycles. The molecule has 2 nitrogen and oxygen atoms in total. The first kappa shape index (κ1) is 17.9. The van der Waals surface area contributed by atoms with Crippen molar-refractivity contribution in [3.63, 3.8) is 0 Å². The van der Waals surface area contributed by atoms with Gasteiger partial charge in [-0.15, -0.1) is 0 Å². The summed E-state index contributed by atoms with van der Waals surface area (Å²) in [6.07, 6.45) is 11.8. The number of halogens is 1. The second kappa shape index (κ2) is 13.4. The lowest BCUT2D eigenvalue weighted by Crippen LogP contribution is -2.27. The minimum atomic E-state index is 0.323. The lowest BCUT2D eigenvalue weighted by Gasteiger charge is -2.16. The van der Waals surface area contributed by atoms with E-state index in [2.05, 4.69) is 22.9 Å². The van der Waals surface area contributed by atoms with Crippen molar-refractivity contribution in [1.29, 1.82) is 0 Å². The first-order valence-corrected chi connectivity index (χ1v) is 8.64. The Morgan fingerprint density at radius 2 is 1.56 bits per heavy atom. The highest BCUT2D eigenvalue weighted by atomic mass is 79.9. The number of carbonyl (C=O) groups is 1. The van der Waals surface area contributed by atoms with Gasteiger partial charge in [0.2, 0.25) is 5.91 Å². The Bertz CT molecular complexity index is 197. The number of alkyl halides is 1. The van der Waals surface area contributed by atoms with Gasteiger partial charge in [-0.1, -0.05) is 61.4 Å². The number of carbonyl (C=O) groups excluding carboxylic acids is 1. The van der Waals surface area contributed by atoms with Crippen LogP contribution in [0.25, 0.3) is 0 Å². The topological polar surface area (TPSA) is 20.3 Å². The van der Waals surface area contributed by atoms with Crippen LogP contribution in [0.4, 0.5) is 0 Å². The molecule has 0 rings (SSSR count). The average molecular weight is 320 g/mol. The Morgan fingerprint density at radius 1 is 0.944 bits per heavy atom. The second-order valence-corrected chi connectivity index (χ2v) is 5.88. The highest BCUT2D eigenvalue weighted by Gasteiger charge is 2.07. The maximum Gasteiger partial charge on any atom is 0.222 e. The molecule has 0 aliphatic rings. The summed E-state index contributed by atoms with van der Waals surface area (Å²) in [6, 6.07) is 0. The van der Waals surface area contributed by atoms with Gasteiger partial charge in [0, 0.05) is 25.3 Å². The van der Waals surface area contributed by atoms with E-state index in [4.69, 9.17) is 0 Å². The molecule has 108 valence electrons. The minimum absolute atomic E-state index is 0.323. The molecule has 0 spiro atoms. The molecule has 0 aliphatic heterocycles. The van der Waals surface area contributed by atoms with E-state index in [1.807, 2.05) is 11.9 Å². The van der Waals surface area contributed by atoms with E-state index in [0.717, 1.165) is 31.1 Å². The quantitative estimate of drug-likeness (QED) is 0.375. The molecule has 0 aromatic carbocycles. The van der Waals surface area contributed by atoms with E-state index in [9.17, 15) is 4.79 Å². The van der Waals surface area contributed by atoms with Crippen molar-refractivity contribution < 1.29 is 4.79 Å². The molecule has 1 amide bonds. The van der Waals surface area contributed by atoms with Crippen LogP contribution >= 0.6 is 15.9 Å². The third-order valence-corrected chi connectivity index (χ3v) is 3.86. The number of hydrogen-bond donors (Lipinski definition) is 0. The second-order valence-electron chi connectivity index (χ2n) is 5.08. The number of nitrogens with zero attached hydrogens (tertiary/aromatic N) is 1. The van der Waals surface area contributed by atoms with Gasteiger partial charge in [-0.3, -0.25) is 4.79 Å². The number of rotatable bonds is 12. The smallest absolute Gasteiger partial charge is 0.222 e. The van der Waals surface area contributed by atoms with Crippen LogP contribution in [0.5, 0.6) is 0 Å². The van der Waals surface area contributed by atoms with Crippen molar-refractivity contribution in [1.82, 2.24) is 4.90 Å². The third-order valence-electron chi connectivity index (χ3n) is 3.30. The van der Waals surface area contributed by atoms with E-state index >= 15 is 0 Å². The van der Waals surface area contributed by atoms with Crippen molar-refractivity contribution >= 4 is 21.8 Å². The highest BCUT2D eigenvalue weighted by molar-refractivity contribution is 9.09. The maximum absolute atomic E-state index is 11.8. The summed E-state index contributed by atoms with van der Waals surface area (Å²) >= 11 is 3.42. The van der Waals surface area contributed by atoms with Crippen molar-refractivity contribution in [3.8, 4) is 0 Å². The molecular weight excluding hydrogens is 290 g/mol. The summed E-state index contributed by atoms with van der Waals surface area (Å²) in [6.45, 7) is 3.15. The first-order chi connectivity index (χ1) is 8.72. The summed E-state index contributed by atoms with van der Waals surface area (Å²) in [5.74, 6) is 0.323. The zero-order valence-corrected chi connectivity index (χ0v) is 13.8. The summed E-state index contributed by atoms with van der Waals surface area (Å²) in [7, 11) is 1.94. The van der Waals surface area contributed by atoms with E-state index in [1.165, 1.54) is 44.9 Å². The lowest BCUT2D eigenvalue weighted by atomic mass is 10.1. The van der Waals surface area contributed by atoms with Crippen LogP contribution in [0.15, 0.2) is 0 Å². The third kappa shape index (κ3) is 11.1. The Hall–Kier alpha value is -0.0500. The van der Waals surface area contributed by atoms with Gasteiger partial charge in [0.05, 0.1) is 0 Å².